The van der Waals surface area contributed by atoms with Crippen molar-refractivity contribution >= 4 is 18.2 Å². The zero-order chi connectivity index (χ0) is 14.5. The van der Waals surface area contributed by atoms with Crippen LogP contribution >= 0.6 is 12.4 Å². The SMILES string of the molecule is Cl.O=C(CCC1CCNCC1)c1ccc2c(c1)C[N-]CCC2.[Ac]. The number of halogens is 1. The van der Waals surface area contributed by atoms with E-state index in [2.05, 4.69) is 22.8 Å². The Morgan fingerprint density at radius 2 is 2.00 bits per heavy atom. The summed E-state index contributed by atoms with van der Waals surface area (Å²) in [5, 5.41) is 7.89. The van der Waals surface area contributed by atoms with Gasteiger partial charge < -0.3 is 10.6 Å². The van der Waals surface area contributed by atoms with Crippen LogP contribution in [0.1, 0.15) is 53.6 Å². The molecule has 5 heteroatoms. The molecule has 0 saturated carbocycles. The smallest absolute Gasteiger partial charge is 0.162 e. The molecule has 0 amide bonds. The van der Waals surface area contributed by atoms with Crippen LogP contribution in [0.25, 0.3) is 5.32 Å². The Morgan fingerprint density at radius 1 is 1.22 bits per heavy atom. The van der Waals surface area contributed by atoms with E-state index in [9.17, 15) is 4.79 Å². The topological polar surface area (TPSA) is 43.2 Å². The number of rotatable bonds is 4. The van der Waals surface area contributed by atoms with Gasteiger partial charge in [0.05, 0.1) is 0 Å². The Kier molecular flexibility index (Phi) is 10.5. The number of benzene rings is 1. The molecule has 0 aliphatic carbocycles. The fourth-order valence-electron chi connectivity index (χ4n) is 3.42. The first-order valence-electron chi connectivity index (χ1n) is 8.32. The molecular formula is C18H26AcClN2O-. The van der Waals surface area contributed by atoms with Crippen LogP contribution in [-0.4, -0.2) is 25.4 Å². The molecule has 125 valence electrons. The maximum atomic E-state index is 12.4. The van der Waals surface area contributed by atoms with Crippen molar-refractivity contribution in [1.82, 2.24) is 5.32 Å². The average molecular weight is 549 g/mol. The second kappa shape index (κ2) is 11.2. The molecule has 1 aromatic carbocycles. The van der Waals surface area contributed by atoms with E-state index in [0.29, 0.717) is 12.2 Å². The molecule has 3 nitrogen and oxygen atoms in total. The Hall–Kier alpha value is 0.542. The molecule has 0 unspecified atom stereocenters. The van der Waals surface area contributed by atoms with Gasteiger partial charge in [-0.1, -0.05) is 24.1 Å². The number of hydrogen-bond donors (Lipinski definition) is 1. The van der Waals surface area contributed by atoms with Crippen molar-refractivity contribution in [3.05, 3.63) is 40.2 Å². The van der Waals surface area contributed by atoms with Crippen molar-refractivity contribution in [3.8, 4) is 0 Å². The van der Waals surface area contributed by atoms with Crippen molar-refractivity contribution in [3.63, 3.8) is 0 Å². The van der Waals surface area contributed by atoms with Crippen molar-refractivity contribution in [2.45, 2.75) is 45.1 Å². The van der Waals surface area contributed by atoms with Crippen molar-refractivity contribution in [1.29, 1.82) is 0 Å². The first-order chi connectivity index (χ1) is 10.3. The summed E-state index contributed by atoms with van der Waals surface area (Å²) in [6, 6.07) is 6.26. The fourth-order valence-corrected chi connectivity index (χ4v) is 3.42. The maximum absolute atomic E-state index is 12.4. The van der Waals surface area contributed by atoms with E-state index in [1.54, 1.807) is 0 Å². The number of nitrogens with zero attached hydrogens (tertiary/aromatic N) is 1. The third-order valence-corrected chi connectivity index (χ3v) is 4.81. The molecule has 1 N–H and O–H groups in total. The molecule has 0 atom stereocenters. The fraction of sp³-hybridized carbons (Fsp3) is 0.611. The van der Waals surface area contributed by atoms with Gasteiger partial charge in [0.15, 0.2) is 5.78 Å². The molecule has 0 spiro atoms. The van der Waals surface area contributed by atoms with E-state index in [4.69, 9.17) is 0 Å². The predicted octanol–water partition coefficient (Wildman–Crippen LogP) is 3.89. The third kappa shape index (κ3) is 6.40. The number of aryl methyl sites for hydroxylation is 1. The van der Waals surface area contributed by atoms with Crippen LogP contribution in [0.3, 0.4) is 0 Å². The van der Waals surface area contributed by atoms with Crippen molar-refractivity contribution in [2.75, 3.05) is 19.6 Å². The molecule has 0 aromatic heterocycles. The van der Waals surface area contributed by atoms with Gasteiger partial charge >= 0.3 is 0 Å². The summed E-state index contributed by atoms with van der Waals surface area (Å²) in [5.41, 5.74) is 3.53. The average Bonchev–Trinajstić information content (AvgIpc) is 2.78. The molecule has 1 aromatic rings. The number of piperidine rings is 1. The minimum absolute atomic E-state index is 0. The first-order valence-corrected chi connectivity index (χ1v) is 8.32. The molecule has 2 aliphatic heterocycles. The van der Waals surface area contributed by atoms with Gasteiger partial charge in [0.1, 0.15) is 0 Å². The van der Waals surface area contributed by atoms with Gasteiger partial charge in [-0.15, -0.1) is 25.5 Å². The Morgan fingerprint density at radius 3 is 2.78 bits per heavy atom. The summed E-state index contributed by atoms with van der Waals surface area (Å²) in [5.74, 6) is 1.03. The zero-order valence-corrected chi connectivity index (χ0v) is 19.3. The maximum Gasteiger partial charge on any atom is 0.162 e. The summed E-state index contributed by atoms with van der Waals surface area (Å²) in [6.07, 6.45) is 6.41. The molecule has 1 radical (unpaired) electrons. The molecule has 23 heavy (non-hydrogen) atoms. The van der Waals surface area contributed by atoms with E-state index in [0.717, 1.165) is 56.9 Å². The van der Waals surface area contributed by atoms with Crippen LogP contribution in [0.4, 0.5) is 0 Å². The minimum atomic E-state index is 0. The third-order valence-electron chi connectivity index (χ3n) is 4.81. The summed E-state index contributed by atoms with van der Waals surface area (Å²) < 4.78 is 0. The number of carbonyl (C=O) groups is 1. The molecule has 3 rings (SSSR count). The molecular weight excluding hydrogens is 523 g/mol. The number of fused-ring (bicyclic) bond motifs is 1. The summed E-state index contributed by atoms with van der Waals surface area (Å²) >= 11 is 0. The van der Waals surface area contributed by atoms with Crippen LogP contribution in [0.15, 0.2) is 18.2 Å². The standard InChI is InChI=1S/C18H25N2O.Ac.ClH/c21-18(6-3-14-7-10-19-11-8-14)16-5-4-15-2-1-9-20-13-17(15)12-16;;/h4-5,12,14,19H,1-3,6-11,13H2;;1H/q-1;;. The van der Waals surface area contributed by atoms with E-state index < -0.39 is 0 Å². The largest absolute Gasteiger partial charge is 0.658 e. The predicted molar refractivity (Wildman–Crippen MR) is 93.1 cm³/mol. The zero-order valence-electron chi connectivity index (χ0n) is 13.7. The number of ketones is 1. The molecule has 1 fully saturated rings. The molecule has 0 bridgehead atoms. The Labute approximate surface area is 181 Å². The van der Waals surface area contributed by atoms with E-state index in [-0.39, 0.29) is 56.5 Å². The summed E-state index contributed by atoms with van der Waals surface area (Å²) in [6.45, 7) is 3.96. The monoisotopic (exact) mass is 548 g/mol. The summed E-state index contributed by atoms with van der Waals surface area (Å²) in [7, 11) is 0. The number of nitrogens with one attached hydrogen (secondary N) is 1. The molecule has 2 heterocycles. The van der Waals surface area contributed by atoms with Gasteiger partial charge in [-0.05, 0) is 56.3 Å². The minimum Gasteiger partial charge on any atom is -0.658 e. The van der Waals surface area contributed by atoms with Gasteiger partial charge in [0, 0.05) is 56.0 Å². The number of carbonyl (C=O) groups excluding carboxylic acids is 1. The quantitative estimate of drug-likeness (QED) is 0.581. The first kappa shape index (κ1) is 21.6. The molecule has 2 aliphatic rings. The Balaban J connectivity index is 0.00000132. The molecule has 1 saturated heterocycles. The van der Waals surface area contributed by atoms with Gasteiger partial charge in [-0.2, -0.15) is 0 Å². The normalized spacial score (nSPS) is 18.1. The van der Waals surface area contributed by atoms with E-state index in [1.807, 2.05) is 6.07 Å². The van der Waals surface area contributed by atoms with Crippen LogP contribution < -0.4 is 5.32 Å². The Bertz CT molecular complexity index is 504. The second-order valence-electron chi connectivity index (χ2n) is 6.35. The number of hydrogen-bond acceptors (Lipinski definition) is 2. The van der Waals surface area contributed by atoms with Crippen LogP contribution in [0, 0.1) is 50.0 Å². The van der Waals surface area contributed by atoms with Crippen molar-refractivity contribution in [2.24, 2.45) is 5.92 Å². The van der Waals surface area contributed by atoms with Gasteiger partial charge in [0.2, 0.25) is 0 Å². The van der Waals surface area contributed by atoms with Crippen molar-refractivity contribution < 1.29 is 48.9 Å². The van der Waals surface area contributed by atoms with Crippen LogP contribution in [-0.2, 0) is 13.0 Å². The van der Waals surface area contributed by atoms with E-state index in [1.165, 1.54) is 24.0 Å². The summed E-state index contributed by atoms with van der Waals surface area (Å²) in [4.78, 5) is 12.4. The van der Waals surface area contributed by atoms with Crippen LogP contribution in [0.5, 0.6) is 0 Å². The second-order valence-corrected chi connectivity index (χ2v) is 6.35. The number of Topliss-reactive ketones (excluding diaryl/α,β-unsaturated/α-hetero) is 1. The van der Waals surface area contributed by atoms with Crippen LogP contribution in [0.2, 0.25) is 0 Å². The van der Waals surface area contributed by atoms with Gasteiger partial charge in [0.25, 0.3) is 0 Å². The van der Waals surface area contributed by atoms with Gasteiger partial charge in [-0.25, -0.2) is 0 Å². The van der Waals surface area contributed by atoms with Gasteiger partial charge in [-0.3, -0.25) is 4.79 Å². The van der Waals surface area contributed by atoms with E-state index >= 15 is 0 Å².